The van der Waals surface area contributed by atoms with Gasteiger partial charge in [0.15, 0.2) is 6.29 Å². The van der Waals surface area contributed by atoms with Crippen molar-refractivity contribution in [2.45, 2.75) is 20.5 Å². The number of aldehydes is 1. The highest BCUT2D eigenvalue weighted by Gasteiger charge is 2.11. The van der Waals surface area contributed by atoms with Crippen LogP contribution in [-0.2, 0) is 6.61 Å². The zero-order valence-corrected chi connectivity index (χ0v) is 12.8. The molecule has 0 spiro atoms. The van der Waals surface area contributed by atoms with Gasteiger partial charge in [0, 0.05) is 5.02 Å². The lowest BCUT2D eigenvalue weighted by Crippen LogP contribution is -2.03. The fourth-order valence-corrected chi connectivity index (χ4v) is 2.60. The van der Waals surface area contributed by atoms with Crippen LogP contribution in [0.2, 0.25) is 10.0 Å². The Morgan fingerprint density at radius 2 is 1.80 bits per heavy atom. The van der Waals surface area contributed by atoms with Gasteiger partial charge in [-0.1, -0.05) is 41.4 Å². The number of benzene rings is 2. The van der Waals surface area contributed by atoms with E-state index < -0.39 is 0 Å². The van der Waals surface area contributed by atoms with Gasteiger partial charge >= 0.3 is 0 Å². The van der Waals surface area contributed by atoms with Gasteiger partial charge < -0.3 is 4.74 Å². The predicted octanol–water partition coefficient (Wildman–Crippen LogP) is 5.00. The molecular weight excluding hydrogens is 295 g/mol. The summed E-state index contributed by atoms with van der Waals surface area (Å²) < 4.78 is 5.74. The van der Waals surface area contributed by atoms with Gasteiger partial charge in [0.2, 0.25) is 0 Å². The van der Waals surface area contributed by atoms with Crippen LogP contribution in [0.25, 0.3) is 0 Å². The molecule has 2 nitrogen and oxygen atoms in total. The second kappa shape index (κ2) is 6.29. The molecule has 0 heterocycles. The standard InChI is InChI=1S/C16H14Cl2O2/c1-10-4-3-5-11(2)14(10)9-20-16-12(8-19)6-13(17)7-15(16)18/h3-8H,9H2,1-2H3. The van der Waals surface area contributed by atoms with Crippen LogP contribution in [0.1, 0.15) is 27.0 Å². The van der Waals surface area contributed by atoms with Crippen molar-refractivity contribution >= 4 is 29.5 Å². The summed E-state index contributed by atoms with van der Waals surface area (Å²) in [4.78, 5) is 11.1. The van der Waals surface area contributed by atoms with Gasteiger partial charge in [-0.3, -0.25) is 4.79 Å². The zero-order valence-electron chi connectivity index (χ0n) is 11.2. The Balaban J connectivity index is 2.30. The SMILES string of the molecule is Cc1cccc(C)c1COc1c(Cl)cc(Cl)cc1C=O. The third kappa shape index (κ3) is 3.14. The molecule has 2 aromatic carbocycles. The molecule has 0 aromatic heterocycles. The number of carbonyl (C=O) groups excluding carboxylic acids is 1. The predicted molar refractivity (Wildman–Crippen MR) is 82.1 cm³/mol. The summed E-state index contributed by atoms with van der Waals surface area (Å²) in [6.07, 6.45) is 0.692. The van der Waals surface area contributed by atoms with Crippen LogP contribution in [0.15, 0.2) is 30.3 Å². The molecule has 0 N–H and O–H groups in total. The molecule has 0 amide bonds. The second-order valence-corrected chi connectivity index (χ2v) is 5.43. The van der Waals surface area contributed by atoms with Gasteiger partial charge in [0.1, 0.15) is 12.4 Å². The number of carbonyl (C=O) groups is 1. The molecule has 0 aliphatic carbocycles. The average Bonchev–Trinajstić information content (AvgIpc) is 2.39. The summed E-state index contributed by atoms with van der Waals surface area (Å²) in [5.41, 5.74) is 3.73. The summed E-state index contributed by atoms with van der Waals surface area (Å²) in [5, 5.41) is 0.752. The van der Waals surface area contributed by atoms with Crippen LogP contribution < -0.4 is 4.74 Å². The topological polar surface area (TPSA) is 26.3 Å². The molecule has 0 bridgehead atoms. The summed E-state index contributed by atoms with van der Waals surface area (Å²) in [7, 11) is 0. The fourth-order valence-electron chi connectivity index (χ4n) is 2.04. The third-order valence-corrected chi connectivity index (χ3v) is 3.67. The van der Waals surface area contributed by atoms with E-state index in [1.165, 1.54) is 0 Å². The Kier molecular flexibility index (Phi) is 4.69. The Morgan fingerprint density at radius 1 is 1.15 bits per heavy atom. The highest BCUT2D eigenvalue weighted by atomic mass is 35.5. The van der Waals surface area contributed by atoms with Crippen LogP contribution in [0, 0.1) is 13.8 Å². The van der Waals surface area contributed by atoms with E-state index in [1.807, 2.05) is 32.0 Å². The molecule has 0 fully saturated rings. The summed E-state index contributed by atoms with van der Waals surface area (Å²) in [5.74, 6) is 0.369. The van der Waals surface area contributed by atoms with E-state index in [0.29, 0.717) is 34.3 Å². The average molecular weight is 309 g/mol. The maximum atomic E-state index is 11.1. The van der Waals surface area contributed by atoms with Crippen LogP contribution >= 0.6 is 23.2 Å². The van der Waals surface area contributed by atoms with E-state index in [9.17, 15) is 4.79 Å². The summed E-state index contributed by atoms with van der Waals surface area (Å²) in [6.45, 7) is 4.41. The van der Waals surface area contributed by atoms with Crippen LogP contribution in [0.5, 0.6) is 5.75 Å². The van der Waals surface area contributed by atoms with E-state index in [1.54, 1.807) is 12.1 Å². The first-order valence-corrected chi connectivity index (χ1v) is 6.90. The fraction of sp³-hybridized carbons (Fsp3) is 0.188. The Morgan fingerprint density at radius 3 is 2.40 bits per heavy atom. The molecule has 20 heavy (non-hydrogen) atoms. The van der Waals surface area contributed by atoms with Gasteiger partial charge in [-0.25, -0.2) is 0 Å². The van der Waals surface area contributed by atoms with E-state index >= 15 is 0 Å². The molecule has 0 radical (unpaired) electrons. The zero-order chi connectivity index (χ0) is 14.7. The van der Waals surface area contributed by atoms with Gasteiger partial charge in [-0.05, 0) is 42.7 Å². The third-order valence-electron chi connectivity index (χ3n) is 3.17. The van der Waals surface area contributed by atoms with Crippen molar-refractivity contribution in [3.63, 3.8) is 0 Å². The minimum atomic E-state index is 0.339. The van der Waals surface area contributed by atoms with Crippen molar-refractivity contribution in [2.75, 3.05) is 0 Å². The molecule has 0 saturated heterocycles. The lowest BCUT2D eigenvalue weighted by Gasteiger charge is -2.14. The van der Waals surface area contributed by atoms with Crippen molar-refractivity contribution < 1.29 is 9.53 Å². The largest absolute Gasteiger partial charge is 0.487 e. The van der Waals surface area contributed by atoms with Gasteiger partial charge in [-0.2, -0.15) is 0 Å². The number of hydrogen-bond acceptors (Lipinski definition) is 2. The second-order valence-electron chi connectivity index (χ2n) is 4.58. The number of hydrogen-bond donors (Lipinski definition) is 0. The maximum Gasteiger partial charge on any atom is 0.153 e. The van der Waals surface area contributed by atoms with E-state index in [4.69, 9.17) is 27.9 Å². The highest BCUT2D eigenvalue weighted by Crippen LogP contribution is 2.32. The van der Waals surface area contributed by atoms with E-state index in [-0.39, 0.29) is 0 Å². The minimum absolute atomic E-state index is 0.339. The van der Waals surface area contributed by atoms with Gasteiger partial charge in [-0.15, -0.1) is 0 Å². The molecule has 2 rings (SSSR count). The molecule has 4 heteroatoms. The normalized spacial score (nSPS) is 10.4. The Bertz CT molecular complexity index is 631. The van der Waals surface area contributed by atoms with E-state index in [0.717, 1.165) is 16.7 Å². The molecule has 0 aliphatic heterocycles. The van der Waals surface area contributed by atoms with Crippen molar-refractivity contribution in [3.05, 3.63) is 62.6 Å². The number of halogens is 2. The monoisotopic (exact) mass is 308 g/mol. The quantitative estimate of drug-likeness (QED) is 0.743. The smallest absolute Gasteiger partial charge is 0.153 e. The van der Waals surface area contributed by atoms with Crippen molar-refractivity contribution in [1.29, 1.82) is 0 Å². The Labute approximate surface area is 128 Å². The first-order valence-electron chi connectivity index (χ1n) is 6.15. The molecule has 2 aromatic rings. The first-order chi connectivity index (χ1) is 9.52. The summed E-state index contributed by atoms with van der Waals surface area (Å²) in [6, 6.07) is 9.16. The molecule has 0 unspecified atom stereocenters. The van der Waals surface area contributed by atoms with Crippen LogP contribution in [0.4, 0.5) is 0 Å². The van der Waals surface area contributed by atoms with E-state index in [2.05, 4.69) is 0 Å². The summed E-state index contributed by atoms with van der Waals surface area (Å²) >= 11 is 12.0. The highest BCUT2D eigenvalue weighted by molar-refractivity contribution is 6.36. The van der Waals surface area contributed by atoms with Crippen LogP contribution in [0.3, 0.4) is 0 Å². The lowest BCUT2D eigenvalue weighted by molar-refractivity contribution is 0.111. The van der Waals surface area contributed by atoms with Gasteiger partial charge in [0.25, 0.3) is 0 Å². The van der Waals surface area contributed by atoms with Crippen molar-refractivity contribution in [3.8, 4) is 5.75 Å². The molecule has 0 aliphatic rings. The molecular formula is C16H14Cl2O2. The van der Waals surface area contributed by atoms with Crippen molar-refractivity contribution in [2.24, 2.45) is 0 Å². The maximum absolute atomic E-state index is 11.1. The first kappa shape index (κ1) is 14.9. The number of ether oxygens (including phenoxy) is 1. The van der Waals surface area contributed by atoms with Crippen molar-refractivity contribution in [1.82, 2.24) is 0 Å². The number of aryl methyl sites for hydroxylation is 2. The molecule has 0 atom stereocenters. The van der Waals surface area contributed by atoms with Gasteiger partial charge in [0.05, 0.1) is 10.6 Å². The van der Waals surface area contributed by atoms with Crippen LogP contribution in [-0.4, -0.2) is 6.29 Å². The number of rotatable bonds is 4. The Hall–Kier alpha value is -1.51. The molecule has 0 saturated carbocycles. The molecule has 104 valence electrons. The minimum Gasteiger partial charge on any atom is -0.487 e. The lowest BCUT2D eigenvalue weighted by atomic mass is 10.0.